The minimum Gasteiger partial charge on any atom is -0.356 e. The predicted octanol–water partition coefficient (Wildman–Crippen LogP) is 1.09. The van der Waals surface area contributed by atoms with E-state index in [1.54, 1.807) is 6.20 Å². The van der Waals surface area contributed by atoms with Gasteiger partial charge in [0.05, 0.1) is 16.7 Å². The topological polar surface area (TPSA) is 79.4 Å². The number of pyridine rings is 1. The van der Waals surface area contributed by atoms with Crippen LogP contribution in [0.1, 0.15) is 26.0 Å². The molecule has 25 heavy (non-hydrogen) atoms. The largest absolute Gasteiger partial charge is 0.356 e. The van der Waals surface area contributed by atoms with Gasteiger partial charge in [-0.15, -0.1) is 0 Å². The molecule has 0 radical (unpaired) electrons. The van der Waals surface area contributed by atoms with E-state index in [2.05, 4.69) is 29.0 Å². The summed E-state index contributed by atoms with van der Waals surface area (Å²) in [7, 11) is -3.13. The molecule has 138 valence electrons. The summed E-state index contributed by atoms with van der Waals surface area (Å²) in [5.41, 5.74) is 0.930. The van der Waals surface area contributed by atoms with Crippen LogP contribution in [0.25, 0.3) is 0 Å². The lowest BCUT2D eigenvalue weighted by atomic mass is 9.87. The molecule has 6 nitrogen and oxygen atoms in total. The number of sulfone groups is 1. The molecule has 0 unspecified atom stereocenters. The Kier molecular flexibility index (Phi) is 5.43. The Labute approximate surface area is 149 Å². The molecule has 1 aromatic rings. The van der Waals surface area contributed by atoms with Gasteiger partial charge in [0.1, 0.15) is 0 Å². The van der Waals surface area contributed by atoms with Crippen LogP contribution in [-0.2, 0) is 21.2 Å². The van der Waals surface area contributed by atoms with E-state index in [-0.39, 0.29) is 23.5 Å². The van der Waals surface area contributed by atoms with E-state index < -0.39 is 15.1 Å². The van der Waals surface area contributed by atoms with Gasteiger partial charge in [-0.1, -0.05) is 19.9 Å². The number of amides is 1. The lowest BCUT2D eigenvalue weighted by Crippen LogP contribution is -2.47. The molecule has 0 saturated carbocycles. The first-order chi connectivity index (χ1) is 11.9. The highest BCUT2D eigenvalue weighted by atomic mass is 32.2. The van der Waals surface area contributed by atoms with Gasteiger partial charge in [0.25, 0.3) is 0 Å². The Bertz CT molecular complexity index is 706. The first-order valence-corrected chi connectivity index (χ1v) is 10.7. The molecule has 0 aliphatic carbocycles. The number of likely N-dealkylation sites (tertiary alicyclic amines) is 1. The third-order valence-electron chi connectivity index (χ3n) is 5.21. The molecule has 2 aliphatic heterocycles. The molecule has 3 atom stereocenters. The Morgan fingerprint density at radius 3 is 2.84 bits per heavy atom. The van der Waals surface area contributed by atoms with Gasteiger partial charge in [0, 0.05) is 44.2 Å². The minimum absolute atomic E-state index is 0.0123. The van der Waals surface area contributed by atoms with E-state index in [1.807, 2.05) is 18.2 Å². The second-order valence-corrected chi connectivity index (χ2v) is 9.96. The Morgan fingerprint density at radius 1 is 1.36 bits per heavy atom. The highest BCUT2D eigenvalue weighted by molar-refractivity contribution is 7.92. The number of rotatable bonds is 5. The summed E-state index contributed by atoms with van der Waals surface area (Å²) in [5, 5.41) is 2.56. The van der Waals surface area contributed by atoms with Crippen molar-refractivity contribution in [2.45, 2.75) is 32.1 Å². The number of hydrogen-bond acceptors (Lipinski definition) is 5. The average molecular weight is 365 g/mol. The van der Waals surface area contributed by atoms with Crippen LogP contribution >= 0.6 is 0 Å². The Balaban J connectivity index is 1.72. The van der Waals surface area contributed by atoms with Crippen molar-refractivity contribution in [3.05, 3.63) is 30.1 Å². The van der Waals surface area contributed by atoms with Crippen molar-refractivity contribution >= 4 is 15.7 Å². The summed E-state index contributed by atoms with van der Waals surface area (Å²) in [6.07, 6.45) is 2.18. The lowest BCUT2D eigenvalue weighted by Gasteiger charge is -2.32. The van der Waals surface area contributed by atoms with Gasteiger partial charge in [-0.25, -0.2) is 8.42 Å². The van der Waals surface area contributed by atoms with E-state index >= 15 is 0 Å². The summed E-state index contributed by atoms with van der Waals surface area (Å²) in [6.45, 7) is 6.51. The molecule has 7 heteroatoms. The van der Waals surface area contributed by atoms with E-state index in [0.29, 0.717) is 38.5 Å². The summed E-state index contributed by atoms with van der Waals surface area (Å²) in [6, 6.07) is 5.75. The zero-order chi connectivity index (χ0) is 18.0. The molecular formula is C18H27N3O3S. The van der Waals surface area contributed by atoms with Crippen LogP contribution in [0.3, 0.4) is 0 Å². The van der Waals surface area contributed by atoms with Crippen molar-refractivity contribution in [2.75, 3.05) is 25.4 Å². The Hall–Kier alpha value is -1.47. The van der Waals surface area contributed by atoms with Crippen molar-refractivity contribution in [3.63, 3.8) is 0 Å². The van der Waals surface area contributed by atoms with Crippen molar-refractivity contribution in [1.29, 1.82) is 0 Å². The Morgan fingerprint density at radius 2 is 2.16 bits per heavy atom. The van der Waals surface area contributed by atoms with Crippen LogP contribution in [-0.4, -0.2) is 54.8 Å². The van der Waals surface area contributed by atoms with Crippen molar-refractivity contribution < 1.29 is 13.2 Å². The highest BCUT2D eigenvalue weighted by Crippen LogP contribution is 2.37. The lowest BCUT2D eigenvalue weighted by molar-refractivity contribution is -0.126. The van der Waals surface area contributed by atoms with Gasteiger partial charge < -0.3 is 5.32 Å². The molecule has 2 saturated heterocycles. The third kappa shape index (κ3) is 4.20. The zero-order valence-electron chi connectivity index (χ0n) is 14.9. The number of nitrogens with zero attached hydrogens (tertiary/aromatic N) is 2. The van der Waals surface area contributed by atoms with E-state index in [0.717, 1.165) is 5.69 Å². The molecule has 1 aromatic heterocycles. The molecule has 1 N–H and O–H groups in total. The van der Waals surface area contributed by atoms with E-state index in [1.165, 1.54) is 0 Å². The standard InChI is InChI=1S/C18H27N3O3S/c1-13(2)9-20-18(22)15-6-8-25(23,24)17-12-21(11-16(15)17)10-14-5-3-4-7-19-14/h3-5,7,13,15-17H,6,8-12H2,1-2H3,(H,20,22)/t15-,16+,17+/m1/s1. The summed E-state index contributed by atoms with van der Waals surface area (Å²) in [5.74, 6) is 0.191. The first kappa shape index (κ1) is 18.3. The molecular weight excluding hydrogens is 338 g/mol. The predicted molar refractivity (Wildman–Crippen MR) is 96.5 cm³/mol. The highest BCUT2D eigenvalue weighted by Gasteiger charge is 2.50. The number of aromatic nitrogens is 1. The fraction of sp³-hybridized carbons (Fsp3) is 0.667. The smallest absolute Gasteiger partial charge is 0.223 e. The molecule has 2 fully saturated rings. The van der Waals surface area contributed by atoms with Crippen molar-refractivity contribution in [3.8, 4) is 0 Å². The molecule has 2 aliphatic rings. The number of fused-ring (bicyclic) bond motifs is 1. The van der Waals surface area contributed by atoms with Crippen LogP contribution in [0.5, 0.6) is 0 Å². The molecule has 0 bridgehead atoms. The summed E-state index contributed by atoms with van der Waals surface area (Å²) >= 11 is 0. The minimum atomic E-state index is -3.13. The number of carbonyl (C=O) groups is 1. The van der Waals surface area contributed by atoms with Gasteiger partial charge in [-0.05, 0) is 24.5 Å². The number of nitrogens with one attached hydrogen (secondary N) is 1. The molecule has 0 aromatic carbocycles. The fourth-order valence-electron chi connectivity index (χ4n) is 3.91. The molecule has 1 amide bonds. The van der Waals surface area contributed by atoms with Gasteiger partial charge in [0.2, 0.25) is 5.91 Å². The van der Waals surface area contributed by atoms with Crippen LogP contribution in [0.2, 0.25) is 0 Å². The van der Waals surface area contributed by atoms with Crippen LogP contribution in [0.15, 0.2) is 24.4 Å². The quantitative estimate of drug-likeness (QED) is 0.845. The van der Waals surface area contributed by atoms with Crippen LogP contribution < -0.4 is 5.32 Å². The number of hydrogen-bond donors (Lipinski definition) is 1. The van der Waals surface area contributed by atoms with Gasteiger partial charge in [-0.3, -0.25) is 14.7 Å². The van der Waals surface area contributed by atoms with Crippen molar-refractivity contribution in [2.24, 2.45) is 17.8 Å². The summed E-state index contributed by atoms with van der Waals surface area (Å²) < 4.78 is 25.0. The fourth-order valence-corrected chi connectivity index (χ4v) is 6.05. The molecule has 0 spiro atoms. The third-order valence-corrected chi connectivity index (χ3v) is 7.44. The van der Waals surface area contributed by atoms with Crippen LogP contribution in [0, 0.1) is 17.8 Å². The number of carbonyl (C=O) groups excluding carboxylic acids is 1. The second-order valence-electron chi connectivity index (χ2n) is 7.62. The first-order valence-electron chi connectivity index (χ1n) is 8.98. The zero-order valence-corrected chi connectivity index (χ0v) is 15.7. The second kappa shape index (κ2) is 7.41. The monoisotopic (exact) mass is 365 g/mol. The van der Waals surface area contributed by atoms with Crippen molar-refractivity contribution in [1.82, 2.24) is 15.2 Å². The van der Waals surface area contributed by atoms with E-state index in [4.69, 9.17) is 0 Å². The van der Waals surface area contributed by atoms with Crippen LogP contribution in [0.4, 0.5) is 0 Å². The van der Waals surface area contributed by atoms with Gasteiger partial charge >= 0.3 is 0 Å². The maximum atomic E-state index is 12.6. The summed E-state index contributed by atoms with van der Waals surface area (Å²) in [4.78, 5) is 19.0. The maximum absolute atomic E-state index is 12.6. The maximum Gasteiger partial charge on any atom is 0.223 e. The van der Waals surface area contributed by atoms with E-state index in [9.17, 15) is 13.2 Å². The van der Waals surface area contributed by atoms with Gasteiger partial charge in [0.15, 0.2) is 9.84 Å². The SMILES string of the molecule is CC(C)CNC(=O)[C@@H]1CCS(=O)(=O)[C@H]2CN(Cc3ccccn3)C[C@@H]12. The molecule has 3 rings (SSSR count). The van der Waals surface area contributed by atoms with Gasteiger partial charge in [-0.2, -0.15) is 0 Å². The normalized spacial score (nSPS) is 28.7. The molecule has 3 heterocycles. The average Bonchev–Trinajstić information content (AvgIpc) is 2.98.